The highest BCUT2D eigenvalue weighted by molar-refractivity contribution is 9.10. The molecule has 0 radical (unpaired) electrons. The first-order valence-electron chi connectivity index (χ1n) is 3.32. The van der Waals surface area contributed by atoms with E-state index in [0.717, 1.165) is 16.3 Å². The molecule has 0 aromatic carbocycles. The van der Waals surface area contributed by atoms with Gasteiger partial charge in [0.2, 0.25) is 0 Å². The van der Waals surface area contributed by atoms with Crippen LogP contribution in [0.25, 0.3) is 10.0 Å². The van der Waals surface area contributed by atoms with Crippen molar-refractivity contribution in [1.82, 2.24) is 9.97 Å². The molecule has 2 rings (SSSR count). The summed E-state index contributed by atoms with van der Waals surface area (Å²) in [5.41, 5.74) is 0. The summed E-state index contributed by atoms with van der Waals surface area (Å²) in [6.45, 7) is 0. The number of carbonyl (C=O) groups is 1. The summed E-state index contributed by atoms with van der Waals surface area (Å²) in [7, 11) is 0. The summed E-state index contributed by atoms with van der Waals surface area (Å²) in [5.74, 6) is 0. The summed E-state index contributed by atoms with van der Waals surface area (Å²) >= 11 is 6.06. The molecule has 2 aromatic heterocycles. The summed E-state index contributed by atoms with van der Waals surface area (Å²) < 4.78 is 0.595. The van der Waals surface area contributed by atoms with Crippen molar-refractivity contribution < 1.29 is 4.79 Å². The van der Waals surface area contributed by atoms with Crippen LogP contribution in [0, 0.1) is 0 Å². The van der Waals surface area contributed by atoms with Gasteiger partial charge in [0.25, 0.3) is 0 Å². The molecule has 0 saturated heterocycles. The normalized spacial score (nSPS) is 10.2. The van der Waals surface area contributed by atoms with Gasteiger partial charge in [-0.1, -0.05) is 0 Å². The van der Waals surface area contributed by atoms with Crippen molar-refractivity contribution in [3.63, 3.8) is 0 Å². The molecule has 0 aliphatic heterocycles. The van der Waals surface area contributed by atoms with Crippen molar-refractivity contribution in [1.29, 1.82) is 0 Å². The van der Waals surface area contributed by atoms with Crippen LogP contribution < -0.4 is 0 Å². The van der Waals surface area contributed by atoms with Crippen molar-refractivity contribution in [3.8, 4) is 10.0 Å². The van der Waals surface area contributed by atoms with E-state index in [-0.39, 0.29) is 0 Å². The lowest BCUT2D eigenvalue weighted by Crippen LogP contribution is -1.72. The van der Waals surface area contributed by atoms with E-state index in [1.807, 2.05) is 5.38 Å². The minimum Gasteiger partial charge on any atom is -0.297 e. The van der Waals surface area contributed by atoms with Crippen LogP contribution >= 0.6 is 38.6 Å². The average molecular weight is 275 g/mol. The molecule has 0 bridgehead atoms. The van der Waals surface area contributed by atoms with Crippen LogP contribution in [0.15, 0.2) is 16.2 Å². The molecule has 0 fully saturated rings. The Kier molecular flexibility index (Phi) is 2.52. The minimum atomic E-state index is 0.595. The number of rotatable bonds is 2. The Morgan fingerprint density at radius 3 is 2.85 bits per heavy atom. The van der Waals surface area contributed by atoms with E-state index in [2.05, 4.69) is 25.9 Å². The summed E-state index contributed by atoms with van der Waals surface area (Å²) in [5, 5.41) is 3.51. The average Bonchev–Trinajstić information content (AvgIpc) is 2.71. The Morgan fingerprint density at radius 1 is 1.46 bits per heavy atom. The van der Waals surface area contributed by atoms with Gasteiger partial charge in [0.05, 0.1) is 0 Å². The molecule has 0 N–H and O–H groups in total. The van der Waals surface area contributed by atoms with Gasteiger partial charge in [-0.25, -0.2) is 9.97 Å². The van der Waals surface area contributed by atoms with Crippen LogP contribution in [0.4, 0.5) is 0 Å². The van der Waals surface area contributed by atoms with Gasteiger partial charge in [0, 0.05) is 11.6 Å². The van der Waals surface area contributed by atoms with Crippen LogP contribution in [-0.4, -0.2) is 16.3 Å². The van der Waals surface area contributed by atoms with Crippen molar-refractivity contribution >= 4 is 44.9 Å². The second-order valence-electron chi connectivity index (χ2n) is 2.13. The lowest BCUT2D eigenvalue weighted by Gasteiger charge is -1.82. The largest absolute Gasteiger partial charge is 0.297 e. The molecule has 0 amide bonds. The van der Waals surface area contributed by atoms with Crippen LogP contribution in [0.2, 0.25) is 0 Å². The zero-order valence-electron chi connectivity index (χ0n) is 6.23. The van der Waals surface area contributed by atoms with Crippen molar-refractivity contribution in [2.75, 3.05) is 0 Å². The number of thiazole rings is 2. The van der Waals surface area contributed by atoms with Gasteiger partial charge in [0.1, 0.15) is 9.48 Å². The summed E-state index contributed by atoms with van der Waals surface area (Å²) in [6, 6.07) is 0. The lowest BCUT2D eigenvalue weighted by atomic mass is 10.6. The van der Waals surface area contributed by atoms with Gasteiger partial charge in [-0.2, -0.15) is 0 Å². The van der Waals surface area contributed by atoms with Gasteiger partial charge in [0.15, 0.2) is 16.3 Å². The van der Waals surface area contributed by atoms with Crippen LogP contribution in [0.1, 0.15) is 9.67 Å². The van der Waals surface area contributed by atoms with Gasteiger partial charge < -0.3 is 0 Å². The Bertz CT molecular complexity index is 424. The smallest absolute Gasteiger partial charge is 0.162 e. The molecular formula is C7H3BrN2OS2. The maximum Gasteiger partial charge on any atom is 0.162 e. The highest BCUT2D eigenvalue weighted by atomic mass is 79.9. The lowest BCUT2D eigenvalue weighted by molar-refractivity contribution is 0.112. The molecule has 3 nitrogen and oxygen atoms in total. The topological polar surface area (TPSA) is 42.9 Å². The molecule has 6 heteroatoms. The number of aromatic nitrogens is 2. The number of hydrogen-bond donors (Lipinski definition) is 0. The third-order valence-electron chi connectivity index (χ3n) is 1.33. The van der Waals surface area contributed by atoms with E-state index < -0.39 is 0 Å². The van der Waals surface area contributed by atoms with E-state index in [0.29, 0.717) is 9.48 Å². The summed E-state index contributed by atoms with van der Waals surface area (Å²) in [6.07, 6.45) is 2.51. The third kappa shape index (κ3) is 1.70. The zero-order valence-corrected chi connectivity index (χ0v) is 9.45. The molecule has 0 aliphatic carbocycles. The van der Waals surface area contributed by atoms with E-state index in [4.69, 9.17) is 0 Å². The fourth-order valence-electron chi connectivity index (χ4n) is 0.807. The number of hydrogen-bond acceptors (Lipinski definition) is 5. The molecular weight excluding hydrogens is 272 g/mol. The maximum atomic E-state index is 10.5. The zero-order chi connectivity index (χ0) is 9.26. The molecule has 0 spiro atoms. The monoisotopic (exact) mass is 274 g/mol. The van der Waals surface area contributed by atoms with E-state index in [1.54, 1.807) is 6.20 Å². The first-order valence-corrected chi connectivity index (χ1v) is 5.81. The van der Waals surface area contributed by atoms with Gasteiger partial charge in [-0.05, 0) is 15.9 Å². The quantitative estimate of drug-likeness (QED) is 0.791. The number of carbonyl (C=O) groups excluding carboxylic acids is 1. The predicted octanol–water partition coefficient (Wildman–Crippen LogP) is 2.84. The third-order valence-corrected chi connectivity index (χ3v) is 4.10. The number of nitrogens with zero attached hydrogens (tertiary/aromatic N) is 2. The molecule has 0 atom stereocenters. The number of halogens is 1. The summed E-state index contributed by atoms with van der Waals surface area (Å²) in [4.78, 5) is 19.4. The first-order chi connectivity index (χ1) is 6.31. The Morgan fingerprint density at radius 2 is 2.31 bits per heavy atom. The predicted molar refractivity (Wildman–Crippen MR) is 56.3 cm³/mol. The maximum absolute atomic E-state index is 10.5. The second-order valence-corrected chi connectivity index (χ2v) is 4.81. The fraction of sp³-hybridized carbons (Fsp3) is 0. The molecule has 13 heavy (non-hydrogen) atoms. The number of aldehydes is 1. The Hall–Kier alpha value is -0.590. The highest BCUT2D eigenvalue weighted by Crippen LogP contribution is 2.30. The minimum absolute atomic E-state index is 0.595. The van der Waals surface area contributed by atoms with E-state index in [1.165, 1.54) is 22.7 Å². The van der Waals surface area contributed by atoms with Gasteiger partial charge in [-0.3, -0.25) is 4.79 Å². The fourth-order valence-corrected chi connectivity index (χ4v) is 2.89. The molecule has 2 aromatic rings. The molecule has 0 aliphatic rings. The molecule has 0 saturated carbocycles. The van der Waals surface area contributed by atoms with E-state index >= 15 is 0 Å². The second kappa shape index (κ2) is 3.65. The Labute approximate surface area is 90.6 Å². The molecule has 66 valence electrons. The standard InChI is InChI=1S/C7H3BrN2OS2/c8-5-4(3-11)13-7(10-5)6-9-1-2-12-6/h1-3H. The van der Waals surface area contributed by atoms with Gasteiger partial charge in [-0.15, -0.1) is 22.7 Å². The first kappa shape index (κ1) is 8.98. The van der Waals surface area contributed by atoms with E-state index in [9.17, 15) is 4.79 Å². The van der Waals surface area contributed by atoms with Crippen molar-refractivity contribution in [3.05, 3.63) is 21.1 Å². The van der Waals surface area contributed by atoms with Crippen molar-refractivity contribution in [2.24, 2.45) is 0 Å². The highest BCUT2D eigenvalue weighted by Gasteiger charge is 2.10. The van der Waals surface area contributed by atoms with Crippen LogP contribution in [-0.2, 0) is 0 Å². The van der Waals surface area contributed by atoms with Crippen molar-refractivity contribution in [2.45, 2.75) is 0 Å². The Balaban J connectivity index is 2.48. The van der Waals surface area contributed by atoms with Crippen LogP contribution in [0.5, 0.6) is 0 Å². The molecule has 0 unspecified atom stereocenters. The van der Waals surface area contributed by atoms with Crippen LogP contribution in [0.3, 0.4) is 0 Å². The molecule has 2 heterocycles. The van der Waals surface area contributed by atoms with Gasteiger partial charge >= 0.3 is 0 Å². The SMILES string of the molecule is O=Cc1sc(-c2nccs2)nc1Br.